The Labute approximate surface area is 179 Å². The molecule has 0 aliphatic carbocycles. The molecule has 2 aromatic heterocycles. The number of rotatable bonds is 3. The van der Waals surface area contributed by atoms with E-state index in [1.807, 2.05) is 0 Å². The lowest BCUT2D eigenvalue weighted by Crippen LogP contribution is -2.43. The molecule has 1 aromatic carbocycles. The van der Waals surface area contributed by atoms with E-state index in [4.69, 9.17) is 19.4 Å². The number of benzene rings is 1. The van der Waals surface area contributed by atoms with Crippen LogP contribution in [0.4, 0.5) is 5.69 Å². The average molecular weight is 446 g/mol. The zero-order valence-corrected chi connectivity index (χ0v) is 17.4. The number of nitrogens with one attached hydrogen (secondary N) is 1. The Hall–Kier alpha value is -3.31. The summed E-state index contributed by atoms with van der Waals surface area (Å²) >= 11 is 0. The van der Waals surface area contributed by atoms with Gasteiger partial charge in [0.1, 0.15) is 18.7 Å². The van der Waals surface area contributed by atoms with Gasteiger partial charge in [-0.25, -0.2) is 12.4 Å². The molecule has 0 radical (unpaired) electrons. The maximum Gasteiger partial charge on any atom is 0.290 e. The normalized spacial score (nSPS) is 15.8. The van der Waals surface area contributed by atoms with Crippen LogP contribution in [0.25, 0.3) is 11.0 Å². The second-order valence-corrected chi connectivity index (χ2v) is 8.65. The van der Waals surface area contributed by atoms with Gasteiger partial charge in [-0.15, -0.1) is 0 Å². The highest BCUT2D eigenvalue weighted by Gasteiger charge is 2.26. The Morgan fingerprint density at radius 1 is 1.10 bits per heavy atom. The minimum absolute atomic E-state index is 0.157. The fourth-order valence-corrected chi connectivity index (χ4v) is 5.02. The van der Waals surface area contributed by atoms with Gasteiger partial charge in [0, 0.05) is 44.6 Å². The van der Waals surface area contributed by atoms with Crippen molar-refractivity contribution in [3.63, 3.8) is 0 Å². The molecule has 2 aliphatic rings. The van der Waals surface area contributed by atoms with E-state index in [-0.39, 0.29) is 11.4 Å². The van der Waals surface area contributed by atoms with Crippen LogP contribution < -0.4 is 19.7 Å². The molecule has 0 saturated carbocycles. The van der Waals surface area contributed by atoms with E-state index in [1.165, 1.54) is 10.0 Å². The summed E-state index contributed by atoms with van der Waals surface area (Å²) in [6.07, 6.45) is 3.37. The zero-order chi connectivity index (χ0) is 21.8. The van der Waals surface area contributed by atoms with Crippen molar-refractivity contribution in [2.45, 2.75) is 4.90 Å². The van der Waals surface area contributed by atoms with Gasteiger partial charge in [-0.3, -0.25) is 9.78 Å². The van der Waals surface area contributed by atoms with E-state index in [0.29, 0.717) is 35.7 Å². The molecule has 0 bridgehead atoms. The van der Waals surface area contributed by atoms with E-state index in [2.05, 4.69) is 15.2 Å². The van der Waals surface area contributed by atoms with Crippen LogP contribution in [0, 0.1) is 0 Å². The molecule has 3 aromatic rings. The van der Waals surface area contributed by atoms with Crippen molar-refractivity contribution in [2.24, 2.45) is 0 Å². The summed E-state index contributed by atoms with van der Waals surface area (Å²) in [5.74, 6) is 1.01. The highest BCUT2D eigenvalue weighted by molar-refractivity contribution is 7.90. The summed E-state index contributed by atoms with van der Waals surface area (Å²) in [5, 5.41) is 10.2. The Morgan fingerprint density at radius 3 is 2.55 bits per heavy atom. The number of hydrogen-bond acceptors (Lipinski definition) is 8. The molecule has 10 nitrogen and oxygen atoms in total. The number of carbonyl (C=O) groups is 1. The number of ether oxygens (including phenoxy) is 2. The van der Waals surface area contributed by atoms with E-state index in [1.54, 1.807) is 36.7 Å². The van der Waals surface area contributed by atoms with Crippen LogP contribution in [0.2, 0.25) is 0 Å². The number of nitrogens with zero attached hydrogens (tertiary/aromatic N) is 3. The molecule has 0 unspecified atom stereocenters. The smallest absolute Gasteiger partial charge is 0.290 e. The lowest BCUT2D eigenvalue weighted by molar-refractivity contribution is -0.122. The number of anilines is 1. The van der Waals surface area contributed by atoms with Gasteiger partial charge in [0.2, 0.25) is 0 Å². The number of piperazine rings is 1. The molecule has 1 saturated heterocycles. The number of fused-ring (bicyclic) bond motifs is 2. The zero-order valence-electron chi connectivity index (χ0n) is 16.6. The van der Waals surface area contributed by atoms with Crippen LogP contribution in [0.1, 0.15) is 0 Å². The maximum absolute atomic E-state index is 13.4. The van der Waals surface area contributed by atoms with Gasteiger partial charge in [0.05, 0.1) is 16.1 Å². The summed E-state index contributed by atoms with van der Waals surface area (Å²) in [4.78, 5) is 15.1. The minimum Gasteiger partial charge on any atom is -0.486 e. The first-order valence-electron chi connectivity index (χ1n) is 9.71. The fraction of sp³-hybridized carbons (Fsp3) is 0.300. The van der Waals surface area contributed by atoms with Gasteiger partial charge >= 0.3 is 0 Å². The van der Waals surface area contributed by atoms with E-state index in [0.717, 1.165) is 31.9 Å². The molecule has 1 fully saturated rings. The quantitative estimate of drug-likeness (QED) is 0.571. The minimum atomic E-state index is -3.82. The molecular weight excluding hydrogens is 424 g/mol. The predicted octanol–water partition coefficient (Wildman–Crippen LogP) is 1.15. The Bertz CT molecular complexity index is 1190. The van der Waals surface area contributed by atoms with Gasteiger partial charge in [-0.2, -0.15) is 0 Å². The van der Waals surface area contributed by atoms with Gasteiger partial charge in [0.15, 0.2) is 11.5 Å². The van der Waals surface area contributed by atoms with E-state index < -0.39 is 10.0 Å². The number of hydrogen-bond donors (Lipinski definition) is 2. The Kier molecular flexibility index (Phi) is 5.96. The van der Waals surface area contributed by atoms with Crippen molar-refractivity contribution >= 4 is 33.2 Å². The van der Waals surface area contributed by atoms with Crippen molar-refractivity contribution in [3.8, 4) is 11.5 Å². The van der Waals surface area contributed by atoms with Crippen molar-refractivity contribution in [2.75, 3.05) is 44.3 Å². The molecule has 4 heterocycles. The summed E-state index contributed by atoms with van der Waals surface area (Å²) < 4.78 is 39.3. The number of aromatic nitrogens is 2. The van der Waals surface area contributed by atoms with Crippen molar-refractivity contribution < 1.29 is 27.8 Å². The number of pyridine rings is 1. The van der Waals surface area contributed by atoms with Crippen LogP contribution in [-0.4, -0.2) is 68.3 Å². The van der Waals surface area contributed by atoms with Gasteiger partial charge in [-0.05, 0) is 24.3 Å². The highest BCUT2D eigenvalue weighted by Crippen LogP contribution is 2.35. The van der Waals surface area contributed by atoms with Crippen molar-refractivity contribution in [1.82, 2.24) is 14.3 Å². The molecule has 0 amide bonds. The van der Waals surface area contributed by atoms with Crippen molar-refractivity contribution in [1.29, 1.82) is 0 Å². The Balaban J connectivity index is 0.000000730. The maximum atomic E-state index is 13.4. The van der Waals surface area contributed by atoms with Crippen LogP contribution in [0.15, 0.2) is 47.6 Å². The topological polar surface area (TPSA) is 123 Å². The summed E-state index contributed by atoms with van der Waals surface area (Å²) in [7, 11) is -3.82. The first-order valence-corrected chi connectivity index (χ1v) is 11.1. The summed E-state index contributed by atoms with van der Waals surface area (Å²) in [5.41, 5.74) is 2.08. The third-order valence-electron chi connectivity index (χ3n) is 5.03. The second kappa shape index (κ2) is 8.82. The number of carboxylic acid groups (broad SMARTS) is 1. The lowest BCUT2D eigenvalue weighted by Gasteiger charge is -2.28. The average Bonchev–Trinajstić information content (AvgIpc) is 3.20. The molecule has 164 valence electrons. The lowest BCUT2D eigenvalue weighted by atomic mass is 10.3. The monoisotopic (exact) mass is 446 g/mol. The van der Waals surface area contributed by atoms with Gasteiger partial charge < -0.3 is 24.8 Å². The molecule has 5 rings (SSSR count). The van der Waals surface area contributed by atoms with E-state index >= 15 is 0 Å². The standard InChI is InChI=1S/C19H20N4O4S.CH2O2/c24-28(25,14-3-4-17-18(12-14)27-11-10-26-17)23-13-16(22-8-6-20-7-9-22)19-15(23)2-1-5-21-19;2-1-3/h1-5,12-13,20H,6-11H2;1H,(H,2,3). The SMILES string of the molecule is O=CO.O=S(=O)(c1ccc2c(c1)OCCO2)n1cc(N2CCNCC2)c2ncccc21. The van der Waals surface area contributed by atoms with Crippen molar-refractivity contribution in [3.05, 3.63) is 42.7 Å². The largest absolute Gasteiger partial charge is 0.486 e. The molecule has 2 aliphatic heterocycles. The summed E-state index contributed by atoms with van der Waals surface area (Å²) in [6, 6.07) is 8.25. The van der Waals surface area contributed by atoms with Crippen LogP contribution in [0.5, 0.6) is 11.5 Å². The van der Waals surface area contributed by atoms with Gasteiger partial charge in [0.25, 0.3) is 16.5 Å². The third-order valence-corrected chi connectivity index (χ3v) is 6.70. The first kappa shape index (κ1) is 20.9. The molecule has 0 atom stereocenters. The van der Waals surface area contributed by atoms with Crippen LogP contribution in [-0.2, 0) is 14.8 Å². The molecule has 0 spiro atoms. The molecule has 31 heavy (non-hydrogen) atoms. The highest BCUT2D eigenvalue weighted by atomic mass is 32.2. The van der Waals surface area contributed by atoms with Crippen LogP contribution >= 0.6 is 0 Å². The molecular formula is C20H22N4O6S. The molecule has 2 N–H and O–H groups in total. The second-order valence-electron chi connectivity index (χ2n) is 6.83. The Morgan fingerprint density at radius 2 is 1.81 bits per heavy atom. The van der Waals surface area contributed by atoms with Gasteiger partial charge in [-0.1, -0.05) is 0 Å². The fourth-order valence-electron chi connectivity index (χ4n) is 3.65. The van der Waals surface area contributed by atoms with E-state index in [9.17, 15) is 8.42 Å². The summed E-state index contributed by atoms with van der Waals surface area (Å²) in [6.45, 7) is 3.93. The molecule has 11 heteroatoms. The first-order chi connectivity index (χ1) is 15.1. The van der Waals surface area contributed by atoms with Crippen LogP contribution in [0.3, 0.4) is 0 Å². The third kappa shape index (κ3) is 4.01. The predicted molar refractivity (Wildman–Crippen MR) is 114 cm³/mol.